The minimum absolute atomic E-state index is 0.0403. The lowest BCUT2D eigenvalue weighted by Crippen LogP contribution is -2.32. The van der Waals surface area contributed by atoms with Gasteiger partial charge in [-0.15, -0.1) is 0 Å². The lowest BCUT2D eigenvalue weighted by atomic mass is 10.1. The summed E-state index contributed by atoms with van der Waals surface area (Å²) in [5.74, 6) is -0.109. The summed E-state index contributed by atoms with van der Waals surface area (Å²) < 4.78 is 13.1. The third-order valence-corrected chi connectivity index (χ3v) is 3.51. The highest BCUT2D eigenvalue weighted by molar-refractivity contribution is 5.79. The minimum atomic E-state index is -0.267. The fourth-order valence-corrected chi connectivity index (χ4v) is 2.54. The summed E-state index contributed by atoms with van der Waals surface area (Å²) in [7, 11) is 1.76. The molecule has 4 heteroatoms. The summed E-state index contributed by atoms with van der Waals surface area (Å²) in [6.45, 7) is 0.447. The molecular formula is C14H19FN2O. The van der Waals surface area contributed by atoms with Crippen molar-refractivity contribution in [2.24, 2.45) is 11.7 Å². The van der Waals surface area contributed by atoms with Gasteiger partial charge in [-0.2, -0.15) is 0 Å². The molecule has 2 rings (SSSR count). The third-order valence-electron chi connectivity index (χ3n) is 3.51. The average Bonchev–Trinajstić information content (AvgIpc) is 2.75. The normalized spacial score (nSPS) is 23.1. The maximum Gasteiger partial charge on any atom is 0.225 e. The summed E-state index contributed by atoms with van der Waals surface area (Å²) in [6.07, 6.45) is 2.56. The molecule has 1 aromatic carbocycles. The molecule has 0 saturated heterocycles. The Morgan fingerprint density at radius 2 is 2.28 bits per heavy atom. The number of benzene rings is 1. The molecule has 0 aliphatic heterocycles. The van der Waals surface area contributed by atoms with Crippen molar-refractivity contribution in [1.29, 1.82) is 0 Å². The van der Waals surface area contributed by atoms with E-state index < -0.39 is 0 Å². The molecule has 98 valence electrons. The standard InChI is InChI=1S/C14H19FN2O/c1-17(9-10-3-2-4-12(15)7-10)14(18)11-5-6-13(16)8-11/h2-4,7,11,13H,5-6,8-9,16H2,1H3. The lowest BCUT2D eigenvalue weighted by Gasteiger charge is -2.21. The van der Waals surface area contributed by atoms with Gasteiger partial charge in [-0.05, 0) is 37.0 Å². The first-order chi connectivity index (χ1) is 8.56. The van der Waals surface area contributed by atoms with Crippen molar-refractivity contribution >= 4 is 5.91 Å². The minimum Gasteiger partial charge on any atom is -0.341 e. The van der Waals surface area contributed by atoms with E-state index in [-0.39, 0.29) is 23.7 Å². The van der Waals surface area contributed by atoms with Crippen molar-refractivity contribution < 1.29 is 9.18 Å². The molecule has 2 N–H and O–H groups in total. The van der Waals surface area contributed by atoms with Crippen LogP contribution in [0.1, 0.15) is 24.8 Å². The van der Waals surface area contributed by atoms with Crippen LogP contribution in [0.25, 0.3) is 0 Å². The van der Waals surface area contributed by atoms with Crippen LogP contribution >= 0.6 is 0 Å². The van der Waals surface area contributed by atoms with Gasteiger partial charge < -0.3 is 10.6 Å². The zero-order valence-electron chi connectivity index (χ0n) is 10.6. The fourth-order valence-electron chi connectivity index (χ4n) is 2.54. The van der Waals surface area contributed by atoms with Crippen LogP contribution in [0.15, 0.2) is 24.3 Å². The van der Waals surface area contributed by atoms with Gasteiger partial charge in [-0.3, -0.25) is 4.79 Å². The number of nitrogens with zero attached hydrogens (tertiary/aromatic N) is 1. The first-order valence-corrected chi connectivity index (χ1v) is 6.31. The van der Waals surface area contributed by atoms with E-state index in [9.17, 15) is 9.18 Å². The number of carbonyl (C=O) groups is 1. The predicted molar refractivity (Wildman–Crippen MR) is 68.2 cm³/mol. The van der Waals surface area contributed by atoms with Gasteiger partial charge in [-0.1, -0.05) is 12.1 Å². The van der Waals surface area contributed by atoms with E-state index >= 15 is 0 Å². The monoisotopic (exact) mass is 250 g/mol. The number of halogens is 1. The van der Waals surface area contributed by atoms with Gasteiger partial charge in [0, 0.05) is 25.6 Å². The Bertz CT molecular complexity index is 436. The average molecular weight is 250 g/mol. The van der Waals surface area contributed by atoms with Gasteiger partial charge in [0.25, 0.3) is 0 Å². The molecule has 0 heterocycles. The summed E-state index contributed by atoms with van der Waals surface area (Å²) in [6, 6.07) is 6.51. The molecule has 1 amide bonds. The van der Waals surface area contributed by atoms with E-state index in [4.69, 9.17) is 5.73 Å². The number of amides is 1. The van der Waals surface area contributed by atoms with Crippen molar-refractivity contribution in [3.63, 3.8) is 0 Å². The Balaban J connectivity index is 1.95. The maximum absolute atomic E-state index is 13.1. The van der Waals surface area contributed by atoms with Gasteiger partial charge in [0.15, 0.2) is 0 Å². The largest absolute Gasteiger partial charge is 0.341 e. The second-order valence-electron chi connectivity index (χ2n) is 5.09. The summed E-state index contributed by atoms with van der Waals surface area (Å²) in [4.78, 5) is 13.8. The number of nitrogens with two attached hydrogens (primary N) is 1. The summed E-state index contributed by atoms with van der Waals surface area (Å²) in [5, 5.41) is 0. The molecule has 0 radical (unpaired) electrons. The molecule has 1 fully saturated rings. The van der Waals surface area contributed by atoms with Crippen LogP contribution in [-0.4, -0.2) is 23.9 Å². The zero-order valence-corrected chi connectivity index (χ0v) is 10.6. The predicted octanol–water partition coefficient (Wildman–Crippen LogP) is 1.91. The van der Waals surface area contributed by atoms with Gasteiger partial charge in [0.2, 0.25) is 5.91 Å². The number of hydrogen-bond acceptors (Lipinski definition) is 2. The van der Waals surface area contributed by atoms with Crippen LogP contribution < -0.4 is 5.73 Å². The van der Waals surface area contributed by atoms with Crippen LogP contribution in [0.5, 0.6) is 0 Å². The number of hydrogen-bond donors (Lipinski definition) is 1. The Morgan fingerprint density at radius 3 is 2.89 bits per heavy atom. The topological polar surface area (TPSA) is 46.3 Å². The van der Waals surface area contributed by atoms with E-state index in [1.807, 2.05) is 6.07 Å². The van der Waals surface area contributed by atoms with E-state index in [0.717, 1.165) is 24.8 Å². The maximum atomic E-state index is 13.1. The molecule has 0 bridgehead atoms. The lowest BCUT2D eigenvalue weighted by molar-refractivity contribution is -0.134. The highest BCUT2D eigenvalue weighted by atomic mass is 19.1. The molecule has 1 aromatic rings. The van der Waals surface area contributed by atoms with Crippen molar-refractivity contribution in [2.45, 2.75) is 31.8 Å². The van der Waals surface area contributed by atoms with E-state index in [2.05, 4.69) is 0 Å². The molecule has 1 aliphatic rings. The molecule has 2 unspecified atom stereocenters. The van der Waals surface area contributed by atoms with E-state index in [1.165, 1.54) is 12.1 Å². The number of rotatable bonds is 3. The molecule has 0 aromatic heterocycles. The summed E-state index contributed by atoms with van der Waals surface area (Å²) >= 11 is 0. The first kappa shape index (κ1) is 13.0. The van der Waals surface area contributed by atoms with Crippen LogP contribution in [0, 0.1) is 11.7 Å². The Morgan fingerprint density at radius 1 is 1.50 bits per heavy atom. The van der Waals surface area contributed by atoms with Crippen molar-refractivity contribution in [3.05, 3.63) is 35.6 Å². The van der Waals surface area contributed by atoms with Crippen molar-refractivity contribution in [2.75, 3.05) is 7.05 Å². The van der Waals surface area contributed by atoms with E-state index in [0.29, 0.717) is 6.54 Å². The summed E-state index contributed by atoms with van der Waals surface area (Å²) in [5.41, 5.74) is 6.63. The van der Waals surface area contributed by atoms with Crippen LogP contribution in [-0.2, 0) is 11.3 Å². The zero-order chi connectivity index (χ0) is 13.1. The van der Waals surface area contributed by atoms with Gasteiger partial charge in [0.05, 0.1) is 0 Å². The van der Waals surface area contributed by atoms with E-state index in [1.54, 1.807) is 18.0 Å². The molecule has 18 heavy (non-hydrogen) atoms. The Labute approximate surface area is 107 Å². The van der Waals surface area contributed by atoms with Crippen LogP contribution in [0.4, 0.5) is 4.39 Å². The first-order valence-electron chi connectivity index (χ1n) is 6.31. The quantitative estimate of drug-likeness (QED) is 0.890. The van der Waals surface area contributed by atoms with Crippen LogP contribution in [0.2, 0.25) is 0 Å². The molecule has 3 nitrogen and oxygen atoms in total. The van der Waals surface area contributed by atoms with Gasteiger partial charge >= 0.3 is 0 Å². The van der Waals surface area contributed by atoms with Crippen molar-refractivity contribution in [1.82, 2.24) is 4.90 Å². The number of carbonyl (C=O) groups excluding carboxylic acids is 1. The SMILES string of the molecule is CN(Cc1cccc(F)c1)C(=O)C1CCC(N)C1. The van der Waals surface area contributed by atoms with Crippen molar-refractivity contribution in [3.8, 4) is 0 Å². The Hall–Kier alpha value is -1.42. The molecule has 0 spiro atoms. The highest BCUT2D eigenvalue weighted by Crippen LogP contribution is 2.26. The fraction of sp³-hybridized carbons (Fsp3) is 0.500. The molecule has 2 atom stereocenters. The molecular weight excluding hydrogens is 231 g/mol. The smallest absolute Gasteiger partial charge is 0.225 e. The second-order valence-corrected chi connectivity index (χ2v) is 5.09. The molecule has 1 saturated carbocycles. The van der Waals surface area contributed by atoms with Gasteiger partial charge in [-0.25, -0.2) is 4.39 Å². The van der Waals surface area contributed by atoms with Gasteiger partial charge in [0.1, 0.15) is 5.82 Å². The Kier molecular flexibility index (Phi) is 3.97. The molecule has 1 aliphatic carbocycles. The highest BCUT2D eigenvalue weighted by Gasteiger charge is 2.29. The third kappa shape index (κ3) is 3.07. The second kappa shape index (κ2) is 5.48. The van der Waals surface area contributed by atoms with Crippen LogP contribution in [0.3, 0.4) is 0 Å².